The van der Waals surface area contributed by atoms with Crippen LogP contribution in [0.5, 0.6) is 0 Å². The molecule has 1 aliphatic carbocycles. The number of nitrogens with two attached hydrogens (primary N) is 1. The van der Waals surface area contributed by atoms with E-state index in [-0.39, 0.29) is 11.6 Å². The Bertz CT molecular complexity index is 280. The lowest BCUT2D eigenvalue weighted by Gasteiger charge is -2.48. The molecule has 18 heavy (non-hydrogen) atoms. The van der Waals surface area contributed by atoms with E-state index in [0.29, 0.717) is 12.5 Å². The van der Waals surface area contributed by atoms with E-state index in [1.807, 2.05) is 19.0 Å². The highest BCUT2D eigenvalue weighted by Crippen LogP contribution is 2.36. The molecule has 0 aromatic carbocycles. The molecule has 0 aromatic heterocycles. The number of nitrogens with zero attached hydrogens (tertiary/aromatic N) is 2. The average molecular weight is 255 g/mol. The van der Waals surface area contributed by atoms with Crippen molar-refractivity contribution in [3.63, 3.8) is 0 Å². The third-order valence-electron chi connectivity index (χ3n) is 4.08. The second kappa shape index (κ2) is 6.41. The van der Waals surface area contributed by atoms with Gasteiger partial charge >= 0.3 is 6.03 Å². The molecule has 1 aliphatic rings. The van der Waals surface area contributed by atoms with Gasteiger partial charge in [0, 0.05) is 27.2 Å². The van der Waals surface area contributed by atoms with Crippen molar-refractivity contribution in [2.45, 2.75) is 51.5 Å². The minimum atomic E-state index is -0.116. The van der Waals surface area contributed by atoms with E-state index in [9.17, 15) is 4.79 Å². The molecule has 0 bridgehead atoms. The summed E-state index contributed by atoms with van der Waals surface area (Å²) in [5, 5.41) is 0. The maximum Gasteiger partial charge on any atom is 0.319 e. The summed E-state index contributed by atoms with van der Waals surface area (Å²) in [4.78, 5) is 16.1. The zero-order valence-corrected chi connectivity index (χ0v) is 12.4. The van der Waals surface area contributed by atoms with Crippen LogP contribution in [-0.2, 0) is 0 Å². The van der Waals surface area contributed by atoms with Crippen molar-refractivity contribution in [2.24, 2.45) is 11.7 Å². The second-order valence-electron chi connectivity index (χ2n) is 5.96. The van der Waals surface area contributed by atoms with Crippen LogP contribution in [0.25, 0.3) is 0 Å². The van der Waals surface area contributed by atoms with Gasteiger partial charge in [-0.2, -0.15) is 0 Å². The molecule has 0 radical (unpaired) electrons. The van der Waals surface area contributed by atoms with Crippen LogP contribution in [0.2, 0.25) is 0 Å². The van der Waals surface area contributed by atoms with Crippen LogP contribution >= 0.6 is 0 Å². The standard InChI is InChI=1S/C14H29N3O/c1-5-9-17(13(18)16(3)4)14(11-15)8-6-7-12(2)10-14/h12H,5-11,15H2,1-4H3. The first-order chi connectivity index (χ1) is 8.46. The van der Waals surface area contributed by atoms with Gasteiger partial charge in [0.1, 0.15) is 0 Å². The van der Waals surface area contributed by atoms with Gasteiger partial charge in [0.25, 0.3) is 0 Å². The largest absolute Gasteiger partial charge is 0.331 e. The summed E-state index contributed by atoms with van der Waals surface area (Å²) < 4.78 is 0. The summed E-state index contributed by atoms with van der Waals surface area (Å²) in [6, 6.07) is 0.108. The van der Waals surface area contributed by atoms with E-state index in [4.69, 9.17) is 5.73 Å². The number of hydrogen-bond acceptors (Lipinski definition) is 2. The number of carbonyl (C=O) groups is 1. The minimum Gasteiger partial charge on any atom is -0.331 e. The Morgan fingerprint density at radius 3 is 2.56 bits per heavy atom. The van der Waals surface area contributed by atoms with Crippen molar-refractivity contribution in [3.8, 4) is 0 Å². The molecule has 4 heteroatoms. The number of amides is 2. The predicted molar refractivity (Wildman–Crippen MR) is 75.5 cm³/mol. The van der Waals surface area contributed by atoms with Crippen LogP contribution < -0.4 is 5.73 Å². The van der Waals surface area contributed by atoms with Crippen molar-refractivity contribution < 1.29 is 4.79 Å². The SMILES string of the molecule is CCCN(C(=O)N(C)C)C1(CN)CCCC(C)C1. The summed E-state index contributed by atoms with van der Waals surface area (Å²) >= 11 is 0. The summed E-state index contributed by atoms with van der Waals surface area (Å²) in [7, 11) is 3.64. The smallest absolute Gasteiger partial charge is 0.319 e. The lowest BCUT2D eigenvalue weighted by atomic mass is 9.75. The molecule has 2 N–H and O–H groups in total. The minimum absolute atomic E-state index is 0.108. The lowest BCUT2D eigenvalue weighted by Crippen LogP contribution is -2.60. The molecule has 2 unspecified atom stereocenters. The highest BCUT2D eigenvalue weighted by molar-refractivity contribution is 5.74. The van der Waals surface area contributed by atoms with Crippen LogP contribution in [0.4, 0.5) is 4.79 Å². The first-order valence-corrected chi connectivity index (χ1v) is 7.16. The van der Waals surface area contributed by atoms with Gasteiger partial charge in [0.05, 0.1) is 5.54 Å². The first-order valence-electron chi connectivity index (χ1n) is 7.16. The Morgan fingerprint density at radius 2 is 2.11 bits per heavy atom. The molecule has 0 spiro atoms. The van der Waals surface area contributed by atoms with E-state index >= 15 is 0 Å². The quantitative estimate of drug-likeness (QED) is 0.838. The van der Waals surface area contributed by atoms with Gasteiger partial charge < -0.3 is 15.5 Å². The van der Waals surface area contributed by atoms with E-state index in [1.165, 1.54) is 12.8 Å². The summed E-state index contributed by atoms with van der Waals surface area (Å²) in [5.41, 5.74) is 5.94. The predicted octanol–water partition coefficient (Wildman–Crippen LogP) is 2.29. The van der Waals surface area contributed by atoms with E-state index in [1.54, 1.807) is 4.90 Å². The van der Waals surface area contributed by atoms with Gasteiger partial charge in [-0.05, 0) is 25.2 Å². The molecular formula is C14H29N3O. The fourth-order valence-electron chi connectivity index (χ4n) is 3.17. The topological polar surface area (TPSA) is 49.6 Å². The zero-order valence-electron chi connectivity index (χ0n) is 12.4. The summed E-state index contributed by atoms with van der Waals surface area (Å²) in [6.45, 7) is 5.78. The second-order valence-corrected chi connectivity index (χ2v) is 5.96. The third-order valence-corrected chi connectivity index (χ3v) is 4.08. The molecule has 1 fully saturated rings. The number of urea groups is 1. The van der Waals surface area contributed by atoms with Gasteiger partial charge in [-0.15, -0.1) is 0 Å². The molecule has 0 aromatic rings. The average Bonchev–Trinajstić information content (AvgIpc) is 2.34. The maximum atomic E-state index is 12.4. The van der Waals surface area contributed by atoms with Crippen molar-refractivity contribution in [1.82, 2.24) is 9.80 Å². The van der Waals surface area contributed by atoms with Crippen molar-refractivity contribution in [3.05, 3.63) is 0 Å². The van der Waals surface area contributed by atoms with Crippen molar-refractivity contribution in [2.75, 3.05) is 27.2 Å². The van der Waals surface area contributed by atoms with E-state index in [2.05, 4.69) is 13.8 Å². The van der Waals surface area contributed by atoms with Crippen LogP contribution in [0.15, 0.2) is 0 Å². The molecule has 1 saturated carbocycles. The van der Waals surface area contributed by atoms with Gasteiger partial charge in [-0.25, -0.2) is 4.79 Å². The van der Waals surface area contributed by atoms with E-state index < -0.39 is 0 Å². The molecule has 2 atom stereocenters. The highest BCUT2D eigenvalue weighted by Gasteiger charge is 2.41. The van der Waals surface area contributed by atoms with Gasteiger partial charge in [-0.1, -0.05) is 26.7 Å². The fourth-order valence-corrected chi connectivity index (χ4v) is 3.17. The number of rotatable bonds is 4. The molecule has 0 heterocycles. The molecule has 4 nitrogen and oxygen atoms in total. The zero-order chi connectivity index (χ0) is 13.8. The number of carbonyl (C=O) groups excluding carboxylic acids is 1. The van der Waals surface area contributed by atoms with Crippen LogP contribution in [0.1, 0.15) is 46.0 Å². The monoisotopic (exact) mass is 255 g/mol. The Hall–Kier alpha value is -0.770. The van der Waals surface area contributed by atoms with Crippen LogP contribution in [-0.4, -0.2) is 48.6 Å². The first kappa shape index (κ1) is 15.3. The van der Waals surface area contributed by atoms with Crippen LogP contribution in [0, 0.1) is 5.92 Å². The maximum absolute atomic E-state index is 12.4. The van der Waals surface area contributed by atoms with Gasteiger partial charge in [0.15, 0.2) is 0 Å². The molecular weight excluding hydrogens is 226 g/mol. The molecule has 0 saturated heterocycles. The Labute approximate surface area is 111 Å². The number of hydrogen-bond donors (Lipinski definition) is 1. The summed E-state index contributed by atoms with van der Waals surface area (Å²) in [5.74, 6) is 0.664. The normalized spacial score (nSPS) is 27.9. The van der Waals surface area contributed by atoms with Crippen LogP contribution in [0.3, 0.4) is 0 Å². The Morgan fingerprint density at radius 1 is 1.44 bits per heavy atom. The Balaban J connectivity index is 2.95. The van der Waals surface area contributed by atoms with Crippen molar-refractivity contribution in [1.29, 1.82) is 0 Å². The van der Waals surface area contributed by atoms with Gasteiger partial charge in [0.2, 0.25) is 0 Å². The summed E-state index contributed by atoms with van der Waals surface area (Å²) in [6.07, 6.45) is 5.52. The van der Waals surface area contributed by atoms with Crippen molar-refractivity contribution >= 4 is 6.03 Å². The fraction of sp³-hybridized carbons (Fsp3) is 0.929. The van der Waals surface area contributed by atoms with E-state index in [0.717, 1.165) is 25.8 Å². The molecule has 1 rings (SSSR count). The third kappa shape index (κ3) is 3.16. The molecule has 2 amide bonds. The molecule has 0 aliphatic heterocycles. The molecule has 106 valence electrons. The lowest BCUT2D eigenvalue weighted by molar-refractivity contribution is 0.0542. The highest BCUT2D eigenvalue weighted by atomic mass is 16.2. The van der Waals surface area contributed by atoms with Gasteiger partial charge in [-0.3, -0.25) is 0 Å². The Kier molecular flexibility index (Phi) is 5.45.